The highest BCUT2D eigenvalue weighted by atomic mass is 16.2. The molecule has 152 valence electrons. The number of benzene rings is 1. The molecule has 0 atom stereocenters. The fourth-order valence-electron chi connectivity index (χ4n) is 3.75. The Morgan fingerprint density at radius 3 is 2.69 bits per heavy atom. The molecule has 1 aliphatic rings. The highest BCUT2D eigenvalue weighted by Gasteiger charge is 2.20. The fraction of sp³-hybridized carbons (Fsp3) is 0.429. The third kappa shape index (κ3) is 3.87. The number of rotatable bonds is 6. The van der Waals surface area contributed by atoms with E-state index in [4.69, 9.17) is 0 Å². The number of amides is 1. The lowest BCUT2D eigenvalue weighted by Gasteiger charge is -2.19. The summed E-state index contributed by atoms with van der Waals surface area (Å²) in [5, 5.41) is 7.12. The van der Waals surface area contributed by atoms with Crippen LogP contribution in [0, 0.1) is 6.92 Å². The van der Waals surface area contributed by atoms with Gasteiger partial charge in [0.05, 0.1) is 17.2 Å². The molecular weight excluding hydrogens is 368 g/mol. The summed E-state index contributed by atoms with van der Waals surface area (Å²) >= 11 is 0. The Morgan fingerprint density at radius 2 is 1.97 bits per heavy atom. The van der Waals surface area contributed by atoms with Gasteiger partial charge in [-0.3, -0.25) is 14.3 Å². The maximum absolute atomic E-state index is 13.1. The van der Waals surface area contributed by atoms with Crippen LogP contribution in [0.15, 0.2) is 35.3 Å². The predicted molar refractivity (Wildman–Crippen MR) is 112 cm³/mol. The van der Waals surface area contributed by atoms with Gasteiger partial charge in [0.2, 0.25) is 5.91 Å². The van der Waals surface area contributed by atoms with Crippen molar-refractivity contribution in [1.29, 1.82) is 0 Å². The largest absolute Gasteiger partial charge is 0.352 e. The zero-order chi connectivity index (χ0) is 20.4. The smallest absolute Gasteiger partial charge is 0.294 e. The average Bonchev–Trinajstić information content (AvgIpc) is 3.36. The molecule has 0 unspecified atom stereocenters. The van der Waals surface area contributed by atoms with Crippen molar-refractivity contribution in [3.05, 3.63) is 52.1 Å². The Bertz CT molecular complexity index is 1090. The molecular formula is C21H26N6O2. The Labute approximate surface area is 169 Å². The summed E-state index contributed by atoms with van der Waals surface area (Å²) in [6.45, 7) is 4.43. The van der Waals surface area contributed by atoms with Crippen LogP contribution < -0.4 is 15.8 Å². The molecule has 1 N–H and O–H groups in total. The molecule has 1 saturated heterocycles. The maximum Gasteiger partial charge on any atom is 0.294 e. The van der Waals surface area contributed by atoms with Gasteiger partial charge in [-0.15, -0.1) is 0 Å². The summed E-state index contributed by atoms with van der Waals surface area (Å²) in [7, 11) is 1.87. The van der Waals surface area contributed by atoms with Crippen LogP contribution in [-0.2, 0) is 24.9 Å². The third-order valence-corrected chi connectivity index (χ3v) is 5.62. The number of nitrogens with zero attached hydrogens (tertiary/aromatic N) is 5. The number of aromatic nitrogens is 4. The Morgan fingerprint density at radius 1 is 1.21 bits per heavy atom. The number of hydrogen-bond donors (Lipinski definition) is 1. The first-order valence-corrected chi connectivity index (χ1v) is 10.0. The van der Waals surface area contributed by atoms with Gasteiger partial charge in [0, 0.05) is 50.9 Å². The van der Waals surface area contributed by atoms with Crippen LogP contribution in [0.25, 0.3) is 11.0 Å². The van der Waals surface area contributed by atoms with Crippen molar-refractivity contribution in [2.24, 2.45) is 7.05 Å². The average molecular weight is 394 g/mol. The maximum atomic E-state index is 13.1. The summed E-state index contributed by atoms with van der Waals surface area (Å²) in [6.07, 6.45) is 4.14. The second-order valence-corrected chi connectivity index (χ2v) is 7.48. The van der Waals surface area contributed by atoms with Gasteiger partial charge in [-0.05, 0) is 31.9 Å². The molecule has 4 rings (SSSR count). The van der Waals surface area contributed by atoms with E-state index in [9.17, 15) is 9.59 Å². The van der Waals surface area contributed by atoms with E-state index in [1.165, 1.54) is 0 Å². The topological polar surface area (TPSA) is 85.1 Å². The van der Waals surface area contributed by atoms with E-state index in [0.717, 1.165) is 48.2 Å². The zero-order valence-electron chi connectivity index (χ0n) is 16.9. The van der Waals surface area contributed by atoms with Crippen LogP contribution in [0.1, 0.15) is 30.5 Å². The molecule has 0 bridgehead atoms. The lowest BCUT2D eigenvalue weighted by Crippen LogP contribution is -2.33. The first-order chi connectivity index (χ1) is 14.0. The van der Waals surface area contributed by atoms with Gasteiger partial charge in [-0.25, -0.2) is 4.98 Å². The van der Waals surface area contributed by atoms with Gasteiger partial charge in [0.25, 0.3) is 5.56 Å². The standard InChI is InChI=1S/C21H26N6O2/c1-15-16(14-23-25(15)2)13-22-19(28)9-12-27-18-8-4-3-7-17(18)24-20(21(27)29)26-10-5-6-11-26/h3-4,7-8,14H,5-6,9-13H2,1-2H3,(H,22,28). The monoisotopic (exact) mass is 394 g/mol. The molecule has 0 saturated carbocycles. The number of carbonyl (C=O) groups is 1. The predicted octanol–water partition coefficient (Wildman–Crippen LogP) is 1.75. The number of anilines is 1. The minimum Gasteiger partial charge on any atom is -0.352 e. The van der Waals surface area contributed by atoms with Gasteiger partial charge in [0.1, 0.15) is 0 Å². The van der Waals surface area contributed by atoms with E-state index < -0.39 is 0 Å². The number of fused-ring (bicyclic) bond motifs is 1. The van der Waals surface area contributed by atoms with E-state index >= 15 is 0 Å². The van der Waals surface area contributed by atoms with Gasteiger partial charge in [0.15, 0.2) is 5.82 Å². The van der Waals surface area contributed by atoms with E-state index in [-0.39, 0.29) is 17.9 Å². The molecule has 8 heteroatoms. The Balaban J connectivity index is 1.52. The number of nitrogens with one attached hydrogen (secondary N) is 1. The Hall–Kier alpha value is -3.16. The SMILES string of the molecule is Cc1c(CNC(=O)CCn2c(=O)c(N3CCCC3)nc3ccccc32)cnn1C. The van der Waals surface area contributed by atoms with Crippen molar-refractivity contribution in [3.8, 4) is 0 Å². The van der Waals surface area contributed by atoms with Crippen LogP contribution in [-0.4, -0.2) is 38.3 Å². The molecule has 1 aromatic carbocycles. The summed E-state index contributed by atoms with van der Waals surface area (Å²) in [6, 6.07) is 7.60. The van der Waals surface area contributed by atoms with E-state index in [1.54, 1.807) is 15.4 Å². The van der Waals surface area contributed by atoms with Crippen LogP contribution in [0.3, 0.4) is 0 Å². The van der Waals surface area contributed by atoms with E-state index in [2.05, 4.69) is 20.3 Å². The van der Waals surface area contributed by atoms with Crippen molar-refractivity contribution >= 4 is 22.8 Å². The molecule has 3 aromatic rings. The van der Waals surface area contributed by atoms with Crippen LogP contribution in [0.5, 0.6) is 0 Å². The summed E-state index contributed by atoms with van der Waals surface area (Å²) < 4.78 is 3.47. The van der Waals surface area contributed by atoms with Crippen molar-refractivity contribution < 1.29 is 4.79 Å². The highest BCUT2D eigenvalue weighted by Crippen LogP contribution is 2.18. The van der Waals surface area contributed by atoms with Gasteiger partial charge in [-0.1, -0.05) is 12.1 Å². The fourth-order valence-corrected chi connectivity index (χ4v) is 3.75. The van der Waals surface area contributed by atoms with Gasteiger partial charge in [-0.2, -0.15) is 5.10 Å². The quantitative estimate of drug-likeness (QED) is 0.688. The first-order valence-electron chi connectivity index (χ1n) is 10.0. The number of carbonyl (C=O) groups excluding carboxylic acids is 1. The third-order valence-electron chi connectivity index (χ3n) is 5.62. The number of aryl methyl sites for hydroxylation is 2. The summed E-state index contributed by atoms with van der Waals surface area (Å²) in [5.74, 6) is 0.399. The van der Waals surface area contributed by atoms with Crippen LogP contribution in [0.4, 0.5) is 5.82 Å². The minimum atomic E-state index is -0.124. The molecule has 1 aliphatic heterocycles. The second-order valence-electron chi connectivity index (χ2n) is 7.48. The number of para-hydroxylation sites is 2. The molecule has 1 fully saturated rings. The molecule has 0 aliphatic carbocycles. The first kappa shape index (κ1) is 19.2. The molecule has 29 heavy (non-hydrogen) atoms. The number of hydrogen-bond acceptors (Lipinski definition) is 5. The summed E-state index contributed by atoms with van der Waals surface area (Å²) in [5.41, 5.74) is 3.43. The molecule has 0 spiro atoms. The molecule has 1 amide bonds. The molecule has 2 aromatic heterocycles. The molecule has 8 nitrogen and oxygen atoms in total. The van der Waals surface area contributed by atoms with Crippen molar-refractivity contribution in [2.75, 3.05) is 18.0 Å². The van der Waals surface area contributed by atoms with Crippen LogP contribution in [0.2, 0.25) is 0 Å². The lowest BCUT2D eigenvalue weighted by atomic mass is 10.2. The summed E-state index contributed by atoms with van der Waals surface area (Å²) in [4.78, 5) is 32.2. The molecule has 0 radical (unpaired) electrons. The van der Waals surface area contributed by atoms with E-state index in [1.807, 2.05) is 38.2 Å². The van der Waals surface area contributed by atoms with Gasteiger partial charge >= 0.3 is 0 Å². The van der Waals surface area contributed by atoms with Crippen molar-refractivity contribution in [1.82, 2.24) is 24.6 Å². The lowest BCUT2D eigenvalue weighted by molar-refractivity contribution is -0.121. The van der Waals surface area contributed by atoms with Crippen molar-refractivity contribution in [2.45, 2.75) is 39.3 Å². The Kier molecular flexibility index (Phi) is 5.33. The second kappa shape index (κ2) is 8.06. The minimum absolute atomic E-state index is 0.0937. The van der Waals surface area contributed by atoms with Gasteiger partial charge < -0.3 is 14.8 Å². The van der Waals surface area contributed by atoms with E-state index in [0.29, 0.717) is 18.9 Å². The van der Waals surface area contributed by atoms with Crippen molar-refractivity contribution in [3.63, 3.8) is 0 Å². The highest BCUT2D eigenvalue weighted by molar-refractivity contribution is 5.78. The molecule has 3 heterocycles. The zero-order valence-corrected chi connectivity index (χ0v) is 16.9. The normalized spacial score (nSPS) is 13.9. The van der Waals surface area contributed by atoms with Crippen LogP contribution >= 0.6 is 0 Å².